The van der Waals surface area contributed by atoms with Gasteiger partial charge in [-0.3, -0.25) is 10.1 Å². The summed E-state index contributed by atoms with van der Waals surface area (Å²) in [6, 6.07) is 3.33. The highest BCUT2D eigenvalue weighted by atomic mass is 32.2. The molecule has 0 heterocycles. The minimum absolute atomic E-state index is 0.0199. The van der Waals surface area contributed by atoms with Crippen LogP contribution in [0.25, 0.3) is 0 Å². The second-order valence-corrected chi connectivity index (χ2v) is 6.32. The number of ether oxygens (including phenoxy) is 1. The molecule has 0 amide bonds. The number of nitrogens with one attached hydrogen (secondary N) is 1. The predicted octanol–water partition coefficient (Wildman–Crippen LogP) is 0.371. The molecule has 0 saturated heterocycles. The zero-order valence-corrected chi connectivity index (χ0v) is 11.6. The third-order valence-electron chi connectivity index (χ3n) is 3.15. The third-order valence-corrected chi connectivity index (χ3v) is 4.72. The number of methoxy groups -OCH3 is 1. The van der Waals surface area contributed by atoms with Gasteiger partial charge in [-0.05, 0) is 25.0 Å². The number of nitrogens with two attached hydrogens (primary N) is 1. The zero-order valence-electron chi connectivity index (χ0n) is 10.8. The molecule has 0 aliphatic heterocycles. The smallest absolute Gasteiger partial charge is 0.293 e. The summed E-state index contributed by atoms with van der Waals surface area (Å²) in [6.07, 6.45) is 1.06. The maximum absolute atomic E-state index is 12.2. The van der Waals surface area contributed by atoms with Crippen LogP contribution >= 0.6 is 0 Å². The molecule has 1 aliphatic carbocycles. The average Bonchev–Trinajstić information content (AvgIpc) is 2.35. The van der Waals surface area contributed by atoms with E-state index in [1.54, 1.807) is 0 Å². The molecule has 3 N–H and O–H groups in total. The predicted molar refractivity (Wildman–Crippen MR) is 71.0 cm³/mol. The van der Waals surface area contributed by atoms with E-state index in [0.717, 1.165) is 12.1 Å². The number of hydrogen-bond acceptors (Lipinski definition) is 6. The normalized spacial score (nSPS) is 22.1. The molecule has 0 atom stereocenters. The summed E-state index contributed by atoms with van der Waals surface area (Å²) in [4.78, 5) is 9.88. The van der Waals surface area contributed by atoms with E-state index in [1.807, 2.05) is 0 Å². The SMILES string of the molecule is COc1ccc(S(=O)(=O)NC2CC(N)C2)c([N+](=O)[O-])c1. The van der Waals surface area contributed by atoms with E-state index in [2.05, 4.69) is 4.72 Å². The Labute approximate surface area is 116 Å². The van der Waals surface area contributed by atoms with Gasteiger partial charge in [0.1, 0.15) is 5.75 Å². The Bertz CT molecular complexity index is 625. The molecule has 9 heteroatoms. The first kappa shape index (κ1) is 14.7. The summed E-state index contributed by atoms with van der Waals surface area (Å²) in [6.45, 7) is 0. The summed E-state index contributed by atoms with van der Waals surface area (Å²) in [5.41, 5.74) is 5.07. The van der Waals surface area contributed by atoms with E-state index in [0.29, 0.717) is 12.8 Å². The molecule has 110 valence electrons. The molecular formula is C11H15N3O5S. The number of nitro benzene ring substituents is 1. The lowest BCUT2D eigenvalue weighted by Gasteiger charge is -2.32. The fourth-order valence-electron chi connectivity index (χ4n) is 2.04. The van der Waals surface area contributed by atoms with Crippen LogP contribution in [-0.2, 0) is 10.0 Å². The summed E-state index contributed by atoms with van der Waals surface area (Å²) in [5.74, 6) is 0.223. The molecule has 1 fully saturated rings. The lowest BCUT2D eigenvalue weighted by molar-refractivity contribution is -0.387. The molecule has 20 heavy (non-hydrogen) atoms. The van der Waals surface area contributed by atoms with Crippen molar-refractivity contribution in [2.24, 2.45) is 5.73 Å². The van der Waals surface area contributed by atoms with Crippen molar-refractivity contribution in [3.8, 4) is 5.75 Å². The van der Waals surface area contributed by atoms with Crippen molar-refractivity contribution in [3.63, 3.8) is 0 Å². The van der Waals surface area contributed by atoms with Gasteiger partial charge in [0.25, 0.3) is 5.69 Å². The van der Waals surface area contributed by atoms with Crippen LogP contribution in [0.4, 0.5) is 5.69 Å². The third kappa shape index (κ3) is 2.89. The van der Waals surface area contributed by atoms with Crippen LogP contribution in [-0.4, -0.2) is 32.5 Å². The molecular weight excluding hydrogens is 286 g/mol. The van der Waals surface area contributed by atoms with E-state index >= 15 is 0 Å². The van der Waals surface area contributed by atoms with E-state index < -0.39 is 20.6 Å². The first-order valence-electron chi connectivity index (χ1n) is 5.94. The number of sulfonamides is 1. The molecule has 0 unspecified atom stereocenters. The summed E-state index contributed by atoms with van der Waals surface area (Å²) >= 11 is 0. The van der Waals surface area contributed by atoms with Crippen LogP contribution in [0.3, 0.4) is 0 Å². The minimum Gasteiger partial charge on any atom is -0.497 e. The van der Waals surface area contributed by atoms with Gasteiger partial charge in [-0.1, -0.05) is 0 Å². The van der Waals surface area contributed by atoms with Crippen molar-refractivity contribution in [1.29, 1.82) is 0 Å². The Balaban J connectivity index is 2.33. The molecule has 1 aromatic carbocycles. The molecule has 0 bridgehead atoms. The Hall–Kier alpha value is -1.71. The van der Waals surface area contributed by atoms with Gasteiger partial charge in [-0.2, -0.15) is 0 Å². The fourth-order valence-corrected chi connectivity index (χ4v) is 3.45. The molecule has 0 aromatic heterocycles. The van der Waals surface area contributed by atoms with Gasteiger partial charge in [0, 0.05) is 12.1 Å². The van der Waals surface area contributed by atoms with Gasteiger partial charge in [-0.15, -0.1) is 0 Å². The van der Waals surface area contributed by atoms with Gasteiger partial charge in [0.2, 0.25) is 10.0 Å². The van der Waals surface area contributed by atoms with Crippen molar-refractivity contribution >= 4 is 15.7 Å². The van der Waals surface area contributed by atoms with Crippen molar-refractivity contribution < 1.29 is 18.1 Å². The lowest BCUT2D eigenvalue weighted by Crippen LogP contribution is -2.50. The Kier molecular flexibility index (Phi) is 3.93. The van der Waals surface area contributed by atoms with Gasteiger partial charge in [0.15, 0.2) is 4.90 Å². The van der Waals surface area contributed by atoms with E-state index in [4.69, 9.17) is 10.5 Å². The molecule has 0 spiro atoms. The second-order valence-electron chi connectivity index (χ2n) is 4.64. The van der Waals surface area contributed by atoms with Gasteiger partial charge in [0.05, 0.1) is 18.1 Å². The van der Waals surface area contributed by atoms with Gasteiger partial charge in [-0.25, -0.2) is 13.1 Å². The van der Waals surface area contributed by atoms with Crippen LogP contribution in [0.5, 0.6) is 5.75 Å². The van der Waals surface area contributed by atoms with Crippen LogP contribution < -0.4 is 15.2 Å². The maximum atomic E-state index is 12.2. The number of benzene rings is 1. The molecule has 1 aromatic rings. The van der Waals surface area contributed by atoms with Gasteiger partial charge < -0.3 is 10.5 Å². The molecule has 1 aliphatic rings. The van der Waals surface area contributed by atoms with Crippen molar-refractivity contribution in [2.45, 2.75) is 29.8 Å². The first-order valence-corrected chi connectivity index (χ1v) is 7.42. The van der Waals surface area contributed by atoms with Crippen molar-refractivity contribution in [3.05, 3.63) is 28.3 Å². The highest BCUT2D eigenvalue weighted by Crippen LogP contribution is 2.29. The Morgan fingerprint density at radius 2 is 2.10 bits per heavy atom. The van der Waals surface area contributed by atoms with Crippen LogP contribution in [0.1, 0.15) is 12.8 Å². The van der Waals surface area contributed by atoms with E-state index in [-0.39, 0.29) is 22.7 Å². The summed E-state index contributed by atoms with van der Waals surface area (Å²) in [7, 11) is -2.60. The molecule has 8 nitrogen and oxygen atoms in total. The van der Waals surface area contributed by atoms with E-state index in [1.165, 1.54) is 13.2 Å². The number of hydrogen-bond donors (Lipinski definition) is 2. The molecule has 2 rings (SSSR count). The number of nitro groups is 1. The minimum atomic E-state index is -3.95. The quantitative estimate of drug-likeness (QED) is 0.598. The number of rotatable bonds is 5. The molecule has 0 radical (unpaired) electrons. The zero-order chi connectivity index (χ0) is 14.9. The van der Waals surface area contributed by atoms with Crippen LogP contribution in [0.2, 0.25) is 0 Å². The lowest BCUT2D eigenvalue weighted by atomic mass is 9.89. The highest BCUT2D eigenvalue weighted by Gasteiger charge is 2.33. The van der Waals surface area contributed by atoms with Crippen molar-refractivity contribution in [2.75, 3.05) is 7.11 Å². The molecule has 1 saturated carbocycles. The fraction of sp³-hybridized carbons (Fsp3) is 0.455. The Morgan fingerprint density at radius 1 is 1.45 bits per heavy atom. The van der Waals surface area contributed by atoms with Crippen LogP contribution in [0, 0.1) is 10.1 Å². The van der Waals surface area contributed by atoms with E-state index in [9.17, 15) is 18.5 Å². The summed E-state index contributed by atoms with van der Waals surface area (Å²) in [5, 5.41) is 11.0. The second kappa shape index (κ2) is 5.35. The highest BCUT2D eigenvalue weighted by molar-refractivity contribution is 7.89. The largest absolute Gasteiger partial charge is 0.497 e. The standard InChI is InChI=1S/C11H15N3O5S/c1-19-9-2-3-11(10(6-9)14(15)16)20(17,18)13-8-4-7(12)5-8/h2-3,6-8,13H,4-5,12H2,1H3. The van der Waals surface area contributed by atoms with Gasteiger partial charge >= 0.3 is 0 Å². The average molecular weight is 301 g/mol. The Morgan fingerprint density at radius 3 is 2.60 bits per heavy atom. The number of nitrogens with zero attached hydrogens (tertiary/aromatic N) is 1. The van der Waals surface area contributed by atoms with Crippen molar-refractivity contribution in [1.82, 2.24) is 4.72 Å². The van der Waals surface area contributed by atoms with Crippen LogP contribution in [0.15, 0.2) is 23.1 Å². The monoisotopic (exact) mass is 301 g/mol. The maximum Gasteiger partial charge on any atom is 0.293 e. The summed E-state index contributed by atoms with van der Waals surface area (Å²) < 4.78 is 31.6. The topological polar surface area (TPSA) is 125 Å². The first-order chi connectivity index (χ1) is 9.33.